The van der Waals surface area contributed by atoms with Crippen LogP contribution in [0.3, 0.4) is 0 Å². The molecule has 4 nitrogen and oxygen atoms in total. The molecular formula is C20H19F4NO3S. The second kappa shape index (κ2) is 7.14. The number of fused-ring (bicyclic) bond motifs is 1. The summed E-state index contributed by atoms with van der Waals surface area (Å²) >= 11 is 1.10. The number of aromatic hydroxyl groups is 1. The van der Waals surface area contributed by atoms with Gasteiger partial charge in [0.25, 0.3) is 0 Å². The highest BCUT2D eigenvalue weighted by molar-refractivity contribution is 7.17. The Labute approximate surface area is 167 Å². The van der Waals surface area contributed by atoms with Crippen molar-refractivity contribution in [2.24, 2.45) is 0 Å². The molecule has 0 aliphatic carbocycles. The molecule has 2 N–H and O–H groups in total. The molecule has 156 valence electrons. The van der Waals surface area contributed by atoms with Crippen LogP contribution in [0, 0.1) is 5.82 Å². The van der Waals surface area contributed by atoms with E-state index in [0.717, 1.165) is 35.6 Å². The van der Waals surface area contributed by atoms with E-state index >= 15 is 0 Å². The Balaban J connectivity index is 2.05. The SMILES string of the molecule is CC(C)(CC(O)(Cn1ccc(=O)c2sccc21)C(F)(F)F)c1cc(F)ccc1O. The average molecular weight is 429 g/mol. The second-order valence-corrected chi connectivity index (χ2v) is 8.61. The van der Waals surface area contributed by atoms with Crippen molar-refractivity contribution in [1.29, 1.82) is 0 Å². The molecule has 0 radical (unpaired) electrons. The Morgan fingerprint density at radius 1 is 1.14 bits per heavy atom. The standard InChI is InChI=1S/C20H19F4NO3S/c1-18(2,13-9-12(21)3-4-15(13)26)10-19(28,20(22,23)24)11-25-7-5-16(27)17-14(25)6-8-29-17/h3-9,26,28H,10-11H2,1-2H3. The first-order chi connectivity index (χ1) is 13.3. The summed E-state index contributed by atoms with van der Waals surface area (Å²) in [5.41, 5.74) is -4.67. The van der Waals surface area contributed by atoms with Gasteiger partial charge in [-0.1, -0.05) is 13.8 Å². The van der Waals surface area contributed by atoms with Crippen LogP contribution in [0.5, 0.6) is 5.75 Å². The molecule has 0 saturated carbocycles. The summed E-state index contributed by atoms with van der Waals surface area (Å²) in [6, 6.07) is 5.69. The predicted molar refractivity (Wildman–Crippen MR) is 103 cm³/mol. The minimum absolute atomic E-state index is 0.0410. The maximum atomic E-state index is 14.0. The van der Waals surface area contributed by atoms with Crippen molar-refractivity contribution in [3.63, 3.8) is 0 Å². The van der Waals surface area contributed by atoms with E-state index in [2.05, 4.69) is 0 Å². The van der Waals surface area contributed by atoms with Crippen LogP contribution in [0.2, 0.25) is 0 Å². The number of pyridine rings is 1. The van der Waals surface area contributed by atoms with Crippen LogP contribution in [0.4, 0.5) is 17.6 Å². The van der Waals surface area contributed by atoms with E-state index in [4.69, 9.17) is 0 Å². The van der Waals surface area contributed by atoms with Crippen molar-refractivity contribution in [1.82, 2.24) is 4.57 Å². The third-order valence-electron chi connectivity index (χ3n) is 4.97. The van der Waals surface area contributed by atoms with Crippen molar-refractivity contribution in [2.75, 3.05) is 0 Å². The van der Waals surface area contributed by atoms with Crippen LogP contribution >= 0.6 is 11.3 Å². The summed E-state index contributed by atoms with van der Waals surface area (Å²) in [4.78, 5) is 11.9. The number of hydrogen-bond donors (Lipinski definition) is 2. The van der Waals surface area contributed by atoms with Gasteiger partial charge in [-0.2, -0.15) is 13.2 Å². The van der Waals surface area contributed by atoms with E-state index in [9.17, 15) is 32.6 Å². The van der Waals surface area contributed by atoms with Gasteiger partial charge in [-0.25, -0.2) is 4.39 Å². The minimum atomic E-state index is -5.02. The molecule has 29 heavy (non-hydrogen) atoms. The van der Waals surface area contributed by atoms with Crippen LogP contribution < -0.4 is 5.43 Å². The molecule has 1 unspecified atom stereocenters. The van der Waals surface area contributed by atoms with E-state index < -0.39 is 36.0 Å². The summed E-state index contributed by atoms with van der Waals surface area (Å²) in [6.45, 7) is 1.93. The molecule has 1 atom stereocenters. The number of nitrogens with zero attached hydrogens (tertiary/aromatic N) is 1. The number of alkyl halides is 3. The topological polar surface area (TPSA) is 62.5 Å². The van der Waals surface area contributed by atoms with E-state index in [0.29, 0.717) is 4.70 Å². The molecule has 0 spiro atoms. The van der Waals surface area contributed by atoms with E-state index in [1.54, 1.807) is 5.38 Å². The Bertz CT molecular complexity index is 1100. The number of aromatic nitrogens is 1. The monoisotopic (exact) mass is 429 g/mol. The molecule has 0 aliphatic rings. The largest absolute Gasteiger partial charge is 0.508 e. The van der Waals surface area contributed by atoms with Crippen molar-refractivity contribution in [3.05, 3.63) is 63.5 Å². The summed E-state index contributed by atoms with van der Waals surface area (Å²) in [7, 11) is 0. The van der Waals surface area contributed by atoms with Crippen LogP contribution in [-0.4, -0.2) is 26.6 Å². The van der Waals surface area contributed by atoms with Gasteiger partial charge >= 0.3 is 6.18 Å². The molecule has 0 bridgehead atoms. The average Bonchev–Trinajstić information content (AvgIpc) is 3.09. The first-order valence-electron chi connectivity index (χ1n) is 8.69. The first kappa shape index (κ1) is 21.3. The normalized spacial score (nSPS) is 14.9. The number of phenolic OH excluding ortho intramolecular Hbond substituents is 1. The molecule has 2 heterocycles. The summed E-state index contributed by atoms with van der Waals surface area (Å²) < 4.78 is 57.0. The number of halogens is 4. The molecule has 0 aliphatic heterocycles. The quantitative estimate of drug-likeness (QED) is 0.584. The van der Waals surface area contributed by atoms with Gasteiger partial charge < -0.3 is 14.8 Å². The number of thiophene rings is 1. The van der Waals surface area contributed by atoms with E-state index in [-0.39, 0.29) is 22.3 Å². The van der Waals surface area contributed by atoms with Gasteiger partial charge in [-0.05, 0) is 41.5 Å². The first-order valence-corrected chi connectivity index (χ1v) is 9.57. The van der Waals surface area contributed by atoms with Gasteiger partial charge in [0.2, 0.25) is 0 Å². The maximum absolute atomic E-state index is 14.0. The Kier molecular flexibility index (Phi) is 5.25. The van der Waals surface area contributed by atoms with Gasteiger partial charge in [-0.3, -0.25) is 4.79 Å². The van der Waals surface area contributed by atoms with Gasteiger partial charge in [-0.15, -0.1) is 11.3 Å². The highest BCUT2D eigenvalue weighted by Crippen LogP contribution is 2.44. The zero-order chi connectivity index (χ0) is 21.6. The zero-order valence-electron chi connectivity index (χ0n) is 15.6. The van der Waals surface area contributed by atoms with Gasteiger partial charge in [0.1, 0.15) is 11.6 Å². The number of aliphatic hydroxyl groups is 1. The van der Waals surface area contributed by atoms with Gasteiger partial charge in [0, 0.05) is 17.8 Å². The Morgan fingerprint density at radius 2 is 1.83 bits per heavy atom. The molecule has 0 amide bonds. The summed E-state index contributed by atoms with van der Waals surface area (Å²) in [6.07, 6.45) is -4.64. The third kappa shape index (κ3) is 4.02. The summed E-state index contributed by atoms with van der Waals surface area (Å²) in [5.74, 6) is -1.06. The molecule has 0 fully saturated rings. The van der Waals surface area contributed by atoms with Crippen LogP contribution in [-0.2, 0) is 12.0 Å². The minimum Gasteiger partial charge on any atom is -0.508 e. The fourth-order valence-electron chi connectivity index (χ4n) is 3.57. The highest BCUT2D eigenvalue weighted by atomic mass is 32.1. The van der Waals surface area contributed by atoms with Crippen LogP contribution in [0.15, 0.2) is 46.7 Å². The smallest absolute Gasteiger partial charge is 0.418 e. The lowest BCUT2D eigenvalue weighted by atomic mass is 9.74. The Morgan fingerprint density at radius 3 is 2.48 bits per heavy atom. The van der Waals surface area contributed by atoms with E-state index in [1.165, 1.54) is 30.7 Å². The maximum Gasteiger partial charge on any atom is 0.418 e. The molecule has 0 saturated heterocycles. The van der Waals surface area contributed by atoms with Crippen LogP contribution in [0.25, 0.3) is 10.2 Å². The summed E-state index contributed by atoms with van der Waals surface area (Å²) in [5, 5.41) is 22.4. The Hall–Kier alpha value is -2.39. The molecule has 3 rings (SSSR count). The fourth-order valence-corrected chi connectivity index (χ4v) is 4.39. The van der Waals surface area contributed by atoms with Crippen molar-refractivity contribution in [2.45, 2.75) is 44.0 Å². The van der Waals surface area contributed by atoms with Crippen molar-refractivity contribution in [3.8, 4) is 5.75 Å². The molecule has 3 aromatic rings. The number of phenols is 1. The highest BCUT2D eigenvalue weighted by Gasteiger charge is 2.56. The molecule has 9 heteroatoms. The second-order valence-electron chi connectivity index (χ2n) is 7.69. The number of hydrogen-bond acceptors (Lipinski definition) is 4. The predicted octanol–water partition coefficient (Wildman–Crippen LogP) is 4.57. The number of rotatable bonds is 5. The zero-order valence-corrected chi connectivity index (χ0v) is 16.4. The van der Waals surface area contributed by atoms with E-state index in [1.807, 2.05) is 0 Å². The molecule has 1 aromatic carbocycles. The van der Waals surface area contributed by atoms with Crippen molar-refractivity contribution >= 4 is 21.6 Å². The lowest BCUT2D eigenvalue weighted by molar-refractivity contribution is -0.271. The van der Waals surface area contributed by atoms with Gasteiger partial charge in [0.15, 0.2) is 11.0 Å². The fraction of sp³-hybridized carbons (Fsp3) is 0.350. The third-order valence-corrected chi connectivity index (χ3v) is 5.88. The van der Waals surface area contributed by atoms with Crippen LogP contribution in [0.1, 0.15) is 25.8 Å². The lowest BCUT2D eigenvalue weighted by Crippen LogP contribution is -2.52. The molecule has 2 aromatic heterocycles. The lowest BCUT2D eigenvalue weighted by Gasteiger charge is -2.38. The number of benzene rings is 1. The molecular weight excluding hydrogens is 410 g/mol. The van der Waals surface area contributed by atoms with Gasteiger partial charge in [0.05, 0.1) is 16.8 Å². The van der Waals surface area contributed by atoms with Crippen molar-refractivity contribution < 1.29 is 27.8 Å².